The predicted molar refractivity (Wildman–Crippen MR) is 130 cm³/mol. The summed E-state index contributed by atoms with van der Waals surface area (Å²) in [7, 11) is 1.46. The summed E-state index contributed by atoms with van der Waals surface area (Å²) < 4.78 is 34.4. The van der Waals surface area contributed by atoms with E-state index >= 15 is 0 Å². The predicted octanol–water partition coefficient (Wildman–Crippen LogP) is 5.18. The minimum atomic E-state index is -1.00. The Morgan fingerprint density at radius 3 is 2.41 bits per heavy atom. The lowest BCUT2D eigenvalue weighted by Crippen LogP contribution is -2.44. The monoisotopic (exact) mass is 481 g/mol. The molecule has 1 aliphatic rings. The van der Waals surface area contributed by atoms with Crippen LogP contribution in [0.1, 0.15) is 35.6 Å². The summed E-state index contributed by atoms with van der Waals surface area (Å²) in [4.78, 5) is 12.9. The van der Waals surface area contributed by atoms with Gasteiger partial charge in [0.15, 0.2) is 6.10 Å². The number of methoxy groups -OCH3 is 1. The van der Waals surface area contributed by atoms with Gasteiger partial charge in [0.25, 0.3) is 5.91 Å². The zero-order valence-electron chi connectivity index (χ0n) is 18.7. The summed E-state index contributed by atoms with van der Waals surface area (Å²) in [6.07, 6.45) is 0.116. The third-order valence-electron chi connectivity index (χ3n) is 5.67. The molecule has 1 amide bonds. The second-order valence-electron chi connectivity index (χ2n) is 7.85. The molecule has 3 aromatic carbocycles. The van der Waals surface area contributed by atoms with Crippen LogP contribution in [0, 0.1) is 11.6 Å². The lowest BCUT2D eigenvalue weighted by molar-refractivity contribution is -0.146. The van der Waals surface area contributed by atoms with Crippen LogP contribution in [-0.2, 0) is 14.4 Å². The standard InChI is InChI=1S/C26H25F2N3O2S/c1-33-23(18-9-4-2-5-10-18)25(32)31-26(15-8-16-29,19-11-6-3-7-12-19)34-24(30-31)21-17-20(27)13-14-22(21)28/h2-7,9-14,17,23H,8,15-16,29H2,1H3/t23-,26?/m0/s1. The van der Waals surface area contributed by atoms with Crippen molar-refractivity contribution >= 4 is 22.7 Å². The first kappa shape index (κ1) is 24.1. The molecule has 3 aromatic rings. The maximum atomic E-state index is 14.7. The first-order valence-corrected chi connectivity index (χ1v) is 11.7. The van der Waals surface area contributed by atoms with Crippen molar-refractivity contribution in [2.24, 2.45) is 10.8 Å². The van der Waals surface area contributed by atoms with E-state index in [4.69, 9.17) is 10.5 Å². The zero-order valence-corrected chi connectivity index (χ0v) is 19.5. The molecular formula is C26H25F2N3O2S. The molecule has 0 aromatic heterocycles. The van der Waals surface area contributed by atoms with Gasteiger partial charge in [-0.15, -0.1) is 0 Å². The maximum Gasteiger partial charge on any atom is 0.278 e. The average Bonchev–Trinajstić information content (AvgIpc) is 3.26. The lowest BCUT2D eigenvalue weighted by Gasteiger charge is -2.37. The molecule has 5 nitrogen and oxygen atoms in total. The van der Waals surface area contributed by atoms with Gasteiger partial charge in [0, 0.05) is 12.7 Å². The Balaban J connectivity index is 1.87. The number of benzene rings is 3. The van der Waals surface area contributed by atoms with Crippen molar-refractivity contribution < 1.29 is 18.3 Å². The van der Waals surface area contributed by atoms with Gasteiger partial charge in [-0.2, -0.15) is 5.10 Å². The molecule has 2 N–H and O–H groups in total. The van der Waals surface area contributed by atoms with Crippen molar-refractivity contribution in [3.8, 4) is 0 Å². The number of hydrogen-bond acceptors (Lipinski definition) is 5. The molecule has 176 valence electrons. The second kappa shape index (κ2) is 10.5. The first-order chi connectivity index (χ1) is 16.5. The number of nitrogens with two attached hydrogens (primary N) is 1. The number of rotatable bonds is 8. The molecule has 1 heterocycles. The van der Waals surface area contributed by atoms with Crippen LogP contribution in [0.5, 0.6) is 0 Å². The molecule has 0 fully saturated rings. The van der Waals surface area contributed by atoms with Crippen LogP contribution in [0.15, 0.2) is 84.0 Å². The number of hydrazone groups is 1. The van der Waals surface area contributed by atoms with Crippen molar-refractivity contribution in [1.82, 2.24) is 5.01 Å². The largest absolute Gasteiger partial charge is 0.367 e. The van der Waals surface area contributed by atoms with Gasteiger partial charge in [-0.05, 0) is 48.7 Å². The lowest BCUT2D eigenvalue weighted by atomic mass is 9.99. The van der Waals surface area contributed by atoms with Crippen LogP contribution >= 0.6 is 11.8 Å². The van der Waals surface area contributed by atoms with Crippen LogP contribution in [0.25, 0.3) is 0 Å². The van der Waals surface area contributed by atoms with Crippen molar-refractivity contribution in [1.29, 1.82) is 0 Å². The van der Waals surface area contributed by atoms with E-state index in [0.29, 0.717) is 24.9 Å². The molecule has 0 radical (unpaired) electrons. The van der Waals surface area contributed by atoms with E-state index in [0.717, 1.165) is 23.8 Å². The Morgan fingerprint density at radius 1 is 1.09 bits per heavy atom. The summed E-state index contributed by atoms with van der Waals surface area (Å²) in [6.45, 7) is 0.396. The number of carbonyl (C=O) groups excluding carboxylic acids is 1. The van der Waals surface area contributed by atoms with E-state index in [1.54, 1.807) is 12.1 Å². The average molecular weight is 482 g/mol. The molecule has 0 spiro atoms. The van der Waals surface area contributed by atoms with E-state index in [-0.39, 0.29) is 10.6 Å². The minimum absolute atomic E-state index is 0.00188. The number of carbonyl (C=O) groups is 1. The normalized spacial score (nSPS) is 18.6. The Bertz CT molecular complexity index is 1180. The SMILES string of the molecule is CO[C@H](C(=O)N1N=C(c2cc(F)ccc2F)SC1(CCCN)c1ccccc1)c1ccccc1. The van der Waals surface area contributed by atoms with Crippen molar-refractivity contribution in [2.75, 3.05) is 13.7 Å². The molecule has 0 bridgehead atoms. The smallest absolute Gasteiger partial charge is 0.278 e. The Labute approximate surface area is 201 Å². The number of amides is 1. The van der Waals surface area contributed by atoms with Gasteiger partial charge in [-0.1, -0.05) is 72.4 Å². The fourth-order valence-electron chi connectivity index (χ4n) is 4.03. The van der Waals surface area contributed by atoms with Gasteiger partial charge in [-0.25, -0.2) is 13.8 Å². The molecule has 0 saturated heterocycles. The third-order valence-corrected chi connectivity index (χ3v) is 7.12. The highest BCUT2D eigenvalue weighted by Crippen LogP contribution is 2.51. The fraction of sp³-hybridized carbons (Fsp3) is 0.231. The van der Waals surface area contributed by atoms with E-state index in [2.05, 4.69) is 5.10 Å². The summed E-state index contributed by atoms with van der Waals surface area (Å²) in [5.74, 6) is -1.61. The summed E-state index contributed by atoms with van der Waals surface area (Å²) in [6, 6.07) is 21.7. The highest BCUT2D eigenvalue weighted by molar-refractivity contribution is 8.15. The van der Waals surface area contributed by atoms with Crippen molar-refractivity contribution in [2.45, 2.75) is 23.8 Å². The summed E-state index contributed by atoms with van der Waals surface area (Å²) in [5.41, 5.74) is 7.32. The molecule has 8 heteroatoms. The molecule has 0 saturated carbocycles. The summed E-state index contributed by atoms with van der Waals surface area (Å²) in [5, 5.41) is 6.15. The van der Waals surface area contributed by atoms with E-state index < -0.39 is 28.5 Å². The number of ether oxygens (including phenoxy) is 1. The first-order valence-electron chi connectivity index (χ1n) is 10.9. The second-order valence-corrected chi connectivity index (χ2v) is 9.12. The topological polar surface area (TPSA) is 67.9 Å². The Morgan fingerprint density at radius 2 is 1.76 bits per heavy atom. The van der Waals surface area contributed by atoms with Crippen LogP contribution in [-0.4, -0.2) is 29.6 Å². The van der Waals surface area contributed by atoms with Gasteiger partial charge < -0.3 is 10.5 Å². The molecule has 1 aliphatic heterocycles. The quantitative estimate of drug-likeness (QED) is 0.481. The van der Waals surface area contributed by atoms with Crippen LogP contribution < -0.4 is 5.73 Å². The fourth-order valence-corrected chi connectivity index (χ4v) is 5.46. The van der Waals surface area contributed by atoms with Crippen LogP contribution in [0.4, 0.5) is 8.78 Å². The summed E-state index contributed by atoms with van der Waals surface area (Å²) >= 11 is 1.22. The highest BCUT2D eigenvalue weighted by Gasteiger charge is 2.50. The molecule has 0 aliphatic carbocycles. The number of halogens is 2. The van der Waals surface area contributed by atoms with Gasteiger partial charge in [-0.3, -0.25) is 4.79 Å². The molecule has 1 unspecified atom stereocenters. The highest BCUT2D eigenvalue weighted by atomic mass is 32.2. The number of thioether (sulfide) groups is 1. The molecule has 34 heavy (non-hydrogen) atoms. The molecular weight excluding hydrogens is 456 g/mol. The van der Waals surface area contributed by atoms with E-state index in [9.17, 15) is 13.6 Å². The maximum absolute atomic E-state index is 14.7. The van der Waals surface area contributed by atoms with Crippen molar-refractivity contribution in [3.63, 3.8) is 0 Å². The van der Waals surface area contributed by atoms with Crippen LogP contribution in [0.2, 0.25) is 0 Å². The van der Waals surface area contributed by atoms with Gasteiger partial charge >= 0.3 is 0 Å². The Hall–Kier alpha value is -3.07. The number of nitrogens with zero attached hydrogens (tertiary/aromatic N) is 2. The van der Waals surface area contributed by atoms with E-state index in [1.165, 1.54) is 23.9 Å². The van der Waals surface area contributed by atoms with Gasteiger partial charge in [0.05, 0.1) is 0 Å². The molecule has 2 atom stereocenters. The zero-order chi connectivity index (χ0) is 24.1. The Kier molecular flexibility index (Phi) is 7.41. The van der Waals surface area contributed by atoms with Crippen LogP contribution in [0.3, 0.4) is 0 Å². The van der Waals surface area contributed by atoms with Gasteiger partial charge in [0.1, 0.15) is 21.5 Å². The van der Waals surface area contributed by atoms with Gasteiger partial charge in [0.2, 0.25) is 0 Å². The van der Waals surface area contributed by atoms with Crippen molar-refractivity contribution in [3.05, 3.63) is 107 Å². The number of hydrogen-bond donors (Lipinski definition) is 1. The third kappa shape index (κ3) is 4.61. The minimum Gasteiger partial charge on any atom is -0.367 e. The molecule has 4 rings (SSSR count). The van der Waals surface area contributed by atoms with E-state index in [1.807, 2.05) is 48.5 Å².